The molecule has 0 aliphatic carbocycles. The molecule has 3 aromatic rings. The van der Waals surface area contributed by atoms with Crippen LogP contribution in [-0.4, -0.2) is 38.7 Å². The molecule has 0 fully saturated rings. The minimum atomic E-state index is 0. The van der Waals surface area contributed by atoms with Crippen molar-refractivity contribution in [3.8, 4) is 16.9 Å². The van der Waals surface area contributed by atoms with Gasteiger partial charge in [0.1, 0.15) is 5.75 Å². The van der Waals surface area contributed by atoms with Crippen molar-refractivity contribution in [2.75, 3.05) is 0 Å². The van der Waals surface area contributed by atoms with Crippen LogP contribution < -0.4 is 0 Å². The molecule has 0 aromatic heterocycles. The molecule has 0 saturated heterocycles. The van der Waals surface area contributed by atoms with Crippen molar-refractivity contribution >= 4 is 33.6 Å². The Morgan fingerprint density at radius 2 is 1.05 bits per heavy atom. The van der Waals surface area contributed by atoms with Gasteiger partial charge in [-0.3, -0.25) is 4.79 Å². The Kier molecular flexibility index (Phi) is 8.14. The number of carbonyl (C=O) groups is 1. The Bertz CT molecular complexity index is 645. The summed E-state index contributed by atoms with van der Waals surface area (Å²) in [4.78, 5) is 10.1. The summed E-state index contributed by atoms with van der Waals surface area (Å²) >= 11 is 0. The fraction of sp³-hybridized carbons (Fsp3) is 0. The zero-order valence-electron chi connectivity index (χ0n) is 12.0. The molecule has 0 spiro atoms. The molecule has 0 aliphatic heterocycles. The van der Waals surface area contributed by atoms with E-state index in [0.29, 0.717) is 11.8 Å². The van der Waals surface area contributed by atoms with Crippen LogP contribution in [0.3, 0.4) is 0 Å². The Morgan fingerprint density at radius 1 is 0.636 bits per heavy atom. The first-order chi connectivity index (χ1) is 10.3. The van der Waals surface area contributed by atoms with Crippen LogP contribution in [0, 0.1) is 0 Å². The topological polar surface area (TPSA) is 37.3 Å². The Balaban J connectivity index is 0.000000219. The maximum Gasteiger partial charge on any atom is 0.153 e. The zero-order chi connectivity index (χ0) is 14.9. The maximum atomic E-state index is 10.1. The van der Waals surface area contributed by atoms with E-state index >= 15 is 0 Å². The summed E-state index contributed by atoms with van der Waals surface area (Å²) in [6.45, 7) is 0. The van der Waals surface area contributed by atoms with Crippen LogP contribution in [-0.2, 0) is 0 Å². The van der Waals surface area contributed by atoms with E-state index in [1.165, 1.54) is 17.2 Å². The van der Waals surface area contributed by atoms with E-state index in [1.54, 1.807) is 18.2 Å². The Morgan fingerprint density at radius 3 is 1.41 bits per heavy atom. The van der Waals surface area contributed by atoms with Crippen LogP contribution in [0.5, 0.6) is 5.75 Å². The third-order valence-corrected chi connectivity index (χ3v) is 2.94. The number of rotatable bonds is 2. The molecule has 4 radical (unpaired) electrons. The van der Waals surface area contributed by atoms with Crippen molar-refractivity contribution in [1.29, 1.82) is 0 Å². The number of aromatic hydroxyl groups is 1. The summed E-state index contributed by atoms with van der Waals surface area (Å²) in [6.07, 6.45) is 0.620. The van der Waals surface area contributed by atoms with E-state index in [4.69, 9.17) is 5.11 Å². The molecule has 0 bridgehead atoms. The van der Waals surface area contributed by atoms with E-state index in [-0.39, 0.29) is 33.0 Å². The summed E-state index contributed by atoms with van der Waals surface area (Å²) in [5.41, 5.74) is 2.88. The van der Waals surface area contributed by atoms with E-state index in [2.05, 4.69) is 48.5 Å². The number of hydrogen-bond acceptors (Lipinski definition) is 2. The van der Waals surface area contributed by atoms with Gasteiger partial charge in [0.25, 0.3) is 0 Å². The molecule has 0 aliphatic rings. The van der Waals surface area contributed by atoms with Crippen molar-refractivity contribution in [3.05, 3.63) is 90.5 Å². The number of phenolic OH excluding ortho intramolecular Hbond substituents is 1. The molecular weight excluding hydrogens is 467 g/mol. The molecule has 3 rings (SSSR count). The largest absolute Gasteiger partial charge is 0.507 e. The Hall–Kier alpha value is -1.95. The van der Waals surface area contributed by atoms with Gasteiger partial charge in [0.15, 0.2) is 6.29 Å². The maximum absolute atomic E-state index is 10.1. The molecule has 0 unspecified atom stereocenters. The van der Waals surface area contributed by atoms with Crippen LogP contribution in [0.2, 0.25) is 0 Å². The van der Waals surface area contributed by atoms with Crippen molar-refractivity contribution in [2.45, 2.75) is 0 Å². The molecule has 0 amide bonds. The average molecular weight is 484 g/mol. The van der Waals surface area contributed by atoms with E-state index in [0.717, 1.165) is 0 Å². The smallest absolute Gasteiger partial charge is 0.153 e. The van der Waals surface area contributed by atoms with Crippen LogP contribution in [0.4, 0.5) is 0 Å². The molecule has 0 saturated carbocycles. The van der Waals surface area contributed by atoms with Gasteiger partial charge < -0.3 is 5.11 Å². The van der Waals surface area contributed by atoms with Gasteiger partial charge in [-0.1, -0.05) is 72.8 Å². The fourth-order valence-electron chi connectivity index (χ4n) is 1.85. The quantitative estimate of drug-likeness (QED) is 0.439. The van der Waals surface area contributed by atoms with Gasteiger partial charge in [-0.15, -0.1) is 0 Å². The molecule has 108 valence electrons. The number of para-hydroxylation sites is 1. The van der Waals surface area contributed by atoms with Gasteiger partial charge in [0.2, 0.25) is 0 Å². The third-order valence-electron chi connectivity index (χ3n) is 2.94. The van der Waals surface area contributed by atoms with Gasteiger partial charge >= 0.3 is 0 Å². The third kappa shape index (κ3) is 5.44. The normalized spacial score (nSPS) is 8.91. The van der Waals surface area contributed by atoms with Crippen molar-refractivity contribution in [1.82, 2.24) is 0 Å². The van der Waals surface area contributed by atoms with Crippen LogP contribution in [0.1, 0.15) is 10.4 Å². The van der Waals surface area contributed by atoms with Crippen molar-refractivity contribution in [2.24, 2.45) is 0 Å². The Labute approximate surface area is 150 Å². The summed E-state index contributed by atoms with van der Waals surface area (Å²) in [5.74, 6) is 0.0347. The monoisotopic (exact) mass is 484 g/mol. The average Bonchev–Trinajstić information content (AvgIpc) is 2.58. The summed E-state index contributed by atoms with van der Waals surface area (Å²) in [5, 5.41) is 8.88. The number of carbonyl (C=O) groups excluding carboxylic acids is 1. The number of aldehydes is 1. The van der Waals surface area contributed by atoms with Gasteiger partial charge in [-0.05, 0) is 23.3 Å². The summed E-state index contributed by atoms with van der Waals surface area (Å²) < 4.78 is 0. The van der Waals surface area contributed by atoms with Crippen LogP contribution in [0.25, 0.3) is 11.1 Å². The van der Waals surface area contributed by atoms with Gasteiger partial charge in [-0.2, -0.15) is 0 Å². The van der Waals surface area contributed by atoms with Crippen molar-refractivity contribution < 1.29 is 9.90 Å². The summed E-state index contributed by atoms with van der Waals surface area (Å²) in [7, 11) is 0. The molecule has 22 heavy (non-hydrogen) atoms. The van der Waals surface area contributed by atoms with E-state index in [9.17, 15) is 4.79 Å². The molecule has 0 atom stereocenters. The predicted octanol–water partition coefficient (Wildman–Crippen LogP) is 4.18. The van der Waals surface area contributed by atoms with E-state index < -0.39 is 0 Å². The second-order valence-electron chi connectivity index (χ2n) is 4.41. The van der Waals surface area contributed by atoms with Gasteiger partial charge in [0, 0.05) is 27.3 Å². The standard InChI is InChI=1S/C12H10.C7H6O2.Pb/c1-3-7-11(8-4-1)12-9-5-2-6-10-12;8-5-6-3-1-2-4-7(6)9;/h1-10H;1-5,9H;. The second-order valence-corrected chi connectivity index (χ2v) is 4.41. The fourth-order valence-corrected chi connectivity index (χ4v) is 1.85. The zero-order valence-corrected chi connectivity index (χ0v) is 15.9. The minimum Gasteiger partial charge on any atom is -0.507 e. The number of phenols is 1. The van der Waals surface area contributed by atoms with Gasteiger partial charge in [0.05, 0.1) is 5.56 Å². The summed E-state index contributed by atoms with van der Waals surface area (Å²) in [6, 6.07) is 27.2. The molecule has 3 heteroatoms. The molecule has 0 heterocycles. The number of hydrogen-bond donors (Lipinski definition) is 1. The predicted molar refractivity (Wildman–Crippen MR) is 91.1 cm³/mol. The van der Waals surface area contributed by atoms with Gasteiger partial charge in [-0.25, -0.2) is 0 Å². The number of benzene rings is 3. The SMILES string of the molecule is O=Cc1ccccc1O.[Pb].c1ccc(-c2ccccc2)cc1. The second kappa shape index (κ2) is 9.89. The first-order valence-corrected chi connectivity index (χ1v) is 6.65. The van der Waals surface area contributed by atoms with E-state index in [1.807, 2.05) is 12.1 Å². The first kappa shape index (κ1) is 18.1. The first-order valence-electron chi connectivity index (χ1n) is 6.65. The molecule has 3 aromatic carbocycles. The van der Waals surface area contributed by atoms with Crippen molar-refractivity contribution in [3.63, 3.8) is 0 Å². The van der Waals surface area contributed by atoms with Crippen LogP contribution in [0.15, 0.2) is 84.9 Å². The molecule has 2 nitrogen and oxygen atoms in total. The van der Waals surface area contributed by atoms with Crippen LogP contribution >= 0.6 is 0 Å². The molecule has 1 N–H and O–H groups in total. The minimum absolute atomic E-state index is 0. The molecular formula is C19H16O2Pb.